The van der Waals surface area contributed by atoms with Gasteiger partial charge in [0.25, 0.3) is 0 Å². The van der Waals surface area contributed by atoms with E-state index in [0.29, 0.717) is 21.4 Å². The van der Waals surface area contributed by atoms with E-state index in [1.165, 1.54) is 0 Å². The first-order valence-corrected chi connectivity index (χ1v) is 6.76. The molecule has 0 atom stereocenters. The van der Waals surface area contributed by atoms with E-state index in [2.05, 4.69) is 10.1 Å². The summed E-state index contributed by atoms with van der Waals surface area (Å²) in [6, 6.07) is 6.60. The van der Waals surface area contributed by atoms with Gasteiger partial charge in [0.1, 0.15) is 5.75 Å². The Morgan fingerprint density at radius 1 is 1.19 bits per heavy atom. The maximum Gasteiger partial charge on any atom is 0.230 e. The van der Waals surface area contributed by atoms with Crippen molar-refractivity contribution in [1.29, 1.82) is 0 Å². The standard InChI is InChI=1S/C14H13Cl2N3O2/c1-7-3-8(2)18-14(12(7)13(17)19-20)21-11-5-9(15)4-10(16)6-11/h3-6,20H,1-2H3,(H2,17,19). The third kappa shape index (κ3) is 3.56. The number of oxime groups is 1. The Labute approximate surface area is 132 Å². The van der Waals surface area contributed by atoms with Gasteiger partial charge in [0, 0.05) is 15.7 Å². The molecule has 0 aliphatic rings. The van der Waals surface area contributed by atoms with E-state index >= 15 is 0 Å². The number of nitrogens with two attached hydrogens (primary N) is 1. The molecule has 0 amide bonds. The molecule has 3 N–H and O–H groups in total. The number of rotatable bonds is 3. The van der Waals surface area contributed by atoms with Crippen molar-refractivity contribution in [3.8, 4) is 11.6 Å². The van der Waals surface area contributed by atoms with E-state index in [1.807, 2.05) is 19.9 Å². The molecular weight excluding hydrogens is 313 g/mol. The van der Waals surface area contributed by atoms with E-state index in [-0.39, 0.29) is 11.7 Å². The van der Waals surface area contributed by atoms with E-state index < -0.39 is 0 Å². The van der Waals surface area contributed by atoms with Crippen molar-refractivity contribution >= 4 is 29.0 Å². The maximum absolute atomic E-state index is 8.90. The quantitative estimate of drug-likeness (QED) is 0.388. The lowest BCUT2D eigenvalue weighted by Gasteiger charge is -2.13. The van der Waals surface area contributed by atoms with Crippen LogP contribution in [0.5, 0.6) is 11.6 Å². The zero-order valence-electron chi connectivity index (χ0n) is 11.4. The molecule has 0 fully saturated rings. The van der Waals surface area contributed by atoms with Gasteiger partial charge >= 0.3 is 0 Å². The average molecular weight is 326 g/mol. The number of benzene rings is 1. The van der Waals surface area contributed by atoms with Gasteiger partial charge in [0.2, 0.25) is 5.88 Å². The highest BCUT2D eigenvalue weighted by Gasteiger charge is 2.16. The summed E-state index contributed by atoms with van der Waals surface area (Å²) in [5, 5.41) is 12.8. The minimum Gasteiger partial charge on any atom is -0.438 e. The van der Waals surface area contributed by atoms with E-state index in [9.17, 15) is 0 Å². The lowest BCUT2D eigenvalue weighted by molar-refractivity contribution is 0.318. The van der Waals surface area contributed by atoms with E-state index in [1.54, 1.807) is 18.2 Å². The summed E-state index contributed by atoms with van der Waals surface area (Å²) in [4.78, 5) is 4.28. The molecule has 0 radical (unpaired) electrons. The fourth-order valence-electron chi connectivity index (χ4n) is 1.94. The van der Waals surface area contributed by atoms with Crippen LogP contribution in [0.15, 0.2) is 29.4 Å². The van der Waals surface area contributed by atoms with Crippen molar-refractivity contribution in [2.75, 3.05) is 0 Å². The van der Waals surface area contributed by atoms with Crippen LogP contribution in [0.3, 0.4) is 0 Å². The zero-order chi connectivity index (χ0) is 15.6. The van der Waals surface area contributed by atoms with Crippen LogP contribution >= 0.6 is 23.2 Å². The number of amidine groups is 1. The highest BCUT2D eigenvalue weighted by atomic mass is 35.5. The highest BCUT2D eigenvalue weighted by molar-refractivity contribution is 6.34. The number of halogens is 2. The van der Waals surface area contributed by atoms with Gasteiger partial charge in [-0.25, -0.2) is 4.98 Å². The van der Waals surface area contributed by atoms with E-state index in [0.717, 1.165) is 11.3 Å². The van der Waals surface area contributed by atoms with Crippen LogP contribution in [0.4, 0.5) is 0 Å². The first-order valence-electron chi connectivity index (χ1n) is 6.01. The summed E-state index contributed by atoms with van der Waals surface area (Å²) in [5.41, 5.74) is 7.62. The van der Waals surface area contributed by atoms with Crippen molar-refractivity contribution < 1.29 is 9.94 Å². The summed E-state index contributed by atoms with van der Waals surface area (Å²) in [7, 11) is 0. The minimum atomic E-state index is -0.0804. The zero-order valence-corrected chi connectivity index (χ0v) is 12.9. The Morgan fingerprint density at radius 2 is 1.81 bits per heavy atom. The van der Waals surface area contributed by atoms with Crippen molar-refractivity contribution in [3.63, 3.8) is 0 Å². The Kier molecular flexibility index (Phi) is 4.55. The Hall–Kier alpha value is -1.98. The van der Waals surface area contributed by atoms with Gasteiger partial charge in [0.15, 0.2) is 5.84 Å². The fourth-order valence-corrected chi connectivity index (χ4v) is 2.44. The van der Waals surface area contributed by atoms with Crippen molar-refractivity contribution in [3.05, 3.63) is 51.1 Å². The summed E-state index contributed by atoms with van der Waals surface area (Å²) in [6.07, 6.45) is 0. The van der Waals surface area contributed by atoms with Crippen LogP contribution in [-0.2, 0) is 0 Å². The predicted octanol–water partition coefficient (Wildman–Crippen LogP) is 3.89. The Morgan fingerprint density at radius 3 is 2.38 bits per heavy atom. The highest BCUT2D eigenvalue weighted by Crippen LogP contribution is 2.30. The minimum absolute atomic E-state index is 0.0804. The molecular formula is C14H13Cl2N3O2. The van der Waals surface area contributed by atoms with Crippen LogP contribution in [0, 0.1) is 13.8 Å². The SMILES string of the molecule is Cc1cc(C)c(C(N)=NO)c(Oc2cc(Cl)cc(Cl)c2)n1. The van der Waals surface area contributed by atoms with Gasteiger partial charge in [0.05, 0.1) is 5.56 Å². The van der Waals surface area contributed by atoms with Crippen molar-refractivity contribution in [1.82, 2.24) is 4.98 Å². The number of nitrogens with zero attached hydrogens (tertiary/aromatic N) is 2. The Bertz CT molecular complexity index is 697. The molecule has 0 saturated carbocycles. The molecule has 2 aromatic rings. The molecule has 1 heterocycles. The second-order valence-electron chi connectivity index (χ2n) is 4.45. The van der Waals surface area contributed by atoms with Crippen LogP contribution in [0.25, 0.3) is 0 Å². The first-order chi connectivity index (χ1) is 9.90. The largest absolute Gasteiger partial charge is 0.438 e. The summed E-state index contributed by atoms with van der Waals surface area (Å²) in [5.74, 6) is 0.557. The average Bonchev–Trinajstić information content (AvgIpc) is 2.36. The number of aromatic nitrogens is 1. The van der Waals surface area contributed by atoms with E-state index in [4.69, 9.17) is 38.9 Å². The summed E-state index contributed by atoms with van der Waals surface area (Å²) < 4.78 is 5.70. The third-order valence-corrected chi connectivity index (χ3v) is 3.16. The fraction of sp³-hybridized carbons (Fsp3) is 0.143. The number of pyridine rings is 1. The molecule has 0 aliphatic heterocycles. The van der Waals surface area contributed by atoms with Crippen LogP contribution in [0.1, 0.15) is 16.8 Å². The monoisotopic (exact) mass is 325 g/mol. The second-order valence-corrected chi connectivity index (χ2v) is 5.33. The maximum atomic E-state index is 8.90. The molecule has 0 spiro atoms. The molecule has 1 aromatic heterocycles. The van der Waals surface area contributed by atoms with Gasteiger partial charge < -0.3 is 15.7 Å². The second kappa shape index (κ2) is 6.20. The van der Waals surface area contributed by atoms with Gasteiger partial charge in [-0.05, 0) is 43.7 Å². The van der Waals surface area contributed by atoms with Gasteiger partial charge in [-0.1, -0.05) is 28.4 Å². The molecule has 0 bridgehead atoms. The van der Waals surface area contributed by atoms with Crippen LogP contribution in [-0.4, -0.2) is 16.0 Å². The molecule has 0 saturated heterocycles. The molecule has 7 heteroatoms. The number of ether oxygens (including phenoxy) is 1. The molecule has 0 aliphatic carbocycles. The molecule has 1 aromatic carbocycles. The summed E-state index contributed by atoms with van der Waals surface area (Å²) >= 11 is 11.9. The number of aryl methyl sites for hydroxylation is 2. The van der Waals surface area contributed by atoms with Gasteiger partial charge in [-0.3, -0.25) is 0 Å². The molecule has 5 nitrogen and oxygen atoms in total. The molecule has 2 rings (SSSR count). The lowest BCUT2D eigenvalue weighted by atomic mass is 10.1. The van der Waals surface area contributed by atoms with Crippen molar-refractivity contribution in [2.45, 2.75) is 13.8 Å². The van der Waals surface area contributed by atoms with Gasteiger partial charge in [-0.2, -0.15) is 0 Å². The molecule has 110 valence electrons. The topological polar surface area (TPSA) is 80.7 Å². The lowest BCUT2D eigenvalue weighted by Crippen LogP contribution is -2.17. The third-order valence-electron chi connectivity index (χ3n) is 2.73. The summed E-state index contributed by atoms with van der Waals surface area (Å²) in [6.45, 7) is 3.64. The van der Waals surface area contributed by atoms with Crippen LogP contribution in [0.2, 0.25) is 10.0 Å². The predicted molar refractivity (Wildman–Crippen MR) is 82.8 cm³/mol. The molecule has 21 heavy (non-hydrogen) atoms. The first kappa shape index (κ1) is 15.4. The molecule has 0 unspecified atom stereocenters. The Balaban J connectivity index is 2.52. The number of hydrogen-bond acceptors (Lipinski definition) is 4. The number of hydrogen-bond donors (Lipinski definition) is 2. The van der Waals surface area contributed by atoms with Gasteiger partial charge in [-0.15, -0.1) is 0 Å². The van der Waals surface area contributed by atoms with Crippen molar-refractivity contribution in [2.24, 2.45) is 10.9 Å². The van der Waals surface area contributed by atoms with Crippen LogP contribution < -0.4 is 10.5 Å². The normalized spacial score (nSPS) is 11.5. The smallest absolute Gasteiger partial charge is 0.230 e.